The van der Waals surface area contributed by atoms with E-state index in [1.807, 2.05) is 23.9 Å². The van der Waals surface area contributed by atoms with E-state index in [2.05, 4.69) is 23.9 Å². The number of nitrogens with one attached hydrogen (secondary N) is 2. The maximum atomic E-state index is 11.7. The Morgan fingerprint density at radius 3 is 2.52 bits per heavy atom. The van der Waals surface area contributed by atoms with Crippen LogP contribution in [-0.2, 0) is 10.0 Å². The van der Waals surface area contributed by atoms with Gasteiger partial charge in [-0.25, -0.2) is 13.1 Å². The molecule has 2 N–H and O–H groups in total. The third kappa shape index (κ3) is 4.22. The van der Waals surface area contributed by atoms with Gasteiger partial charge in [0, 0.05) is 17.3 Å². The lowest BCUT2D eigenvalue weighted by molar-refractivity contribution is 0.490. The normalized spacial score (nSPS) is 24.1. The number of rotatable bonds is 6. The minimum Gasteiger partial charge on any atom is -0.309 e. The summed E-state index contributed by atoms with van der Waals surface area (Å²) < 4.78 is 26.1. The standard InChI is InChI=1S/C15H24N2O2S2/c1-12(17-11-15(2)9-4-10-20-15)13-5-7-14(8-6-13)21(18,19)16-3/h5-8,12,16-17H,4,9-11H2,1-3H3/t12-,15-/m1/s1. The van der Waals surface area contributed by atoms with Crippen molar-refractivity contribution in [2.24, 2.45) is 0 Å². The zero-order chi connectivity index (χ0) is 15.5. The molecule has 21 heavy (non-hydrogen) atoms. The number of thioether (sulfide) groups is 1. The summed E-state index contributed by atoms with van der Waals surface area (Å²) in [7, 11) is -1.93. The topological polar surface area (TPSA) is 58.2 Å². The van der Waals surface area contributed by atoms with Gasteiger partial charge in [0.15, 0.2) is 0 Å². The van der Waals surface area contributed by atoms with Crippen LogP contribution >= 0.6 is 11.8 Å². The highest BCUT2D eigenvalue weighted by Crippen LogP contribution is 2.37. The number of benzene rings is 1. The van der Waals surface area contributed by atoms with Crippen LogP contribution < -0.4 is 10.0 Å². The summed E-state index contributed by atoms with van der Waals surface area (Å²) in [6.45, 7) is 5.41. The molecular weight excluding hydrogens is 304 g/mol. The molecule has 2 rings (SSSR count). The molecule has 4 nitrogen and oxygen atoms in total. The lowest BCUT2D eigenvalue weighted by Crippen LogP contribution is -2.34. The zero-order valence-electron chi connectivity index (χ0n) is 12.8. The van der Waals surface area contributed by atoms with Crippen LogP contribution in [0.25, 0.3) is 0 Å². The fraction of sp³-hybridized carbons (Fsp3) is 0.600. The van der Waals surface area contributed by atoms with Crippen LogP contribution in [0.3, 0.4) is 0 Å². The third-order valence-electron chi connectivity index (χ3n) is 4.04. The molecule has 2 atom stereocenters. The molecular formula is C15H24N2O2S2. The van der Waals surface area contributed by atoms with Crippen molar-refractivity contribution < 1.29 is 8.42 Å². The monoisotopic (exact) mass is 328 g/mol. The van der Waals surface area contributed by atoms with E-state index in [0.29, 0.717) is 9.64 Å². The van der Waals surface area contributed by atoms with Crippen molar-refractivity contribution in [2.75, 3.05) is 19.3 Å². The minimum atomic E-state index is -3.35. The molecule has 0 unspecified atom stereocenters. The first kappa shape index (κ1) is 16.8. The average Bonchev–Trinajstić information content (AvgIpc) is 2.92. The van der Waals surface area contributed by atoms with Crippen LogP contribution in [-0.4, -0.2) is 32.5 Å². The lowest BCUT2D eigenvalue weighted by Gasteiger charge is -2.26. The summed E-state index contributed by atoms with van der Waals surface area (Å²) in [6, 6.07) is 7.30. The van der Waals surface area contributed by atoms with E-state index in [1.54, 1.807) is 12.1 Å². The molecule has 0 saturated carbocycles. The Bertz CT molecular complexity index is 564. The van der Waals surface area contributed by atoms with Crippen molar-refractivity contribution >= 4 is 21.8 Å². The fourth-order valence-corrected chi connectivity index (χ4v) is 4.50. The van der Waals surface area contributed by atoms with Gasteiger partial charge in [-0.05, 0) is 57.2 Å². The van der Waals surface area contributed by atoms with E-state index >= 15 is 0 Å². The molecule has 0 aromatic heterocycles. The first-order valence-electron chi connectivity index (χ1n) is 7.27. The first-order valence-corrected chi connectivity index (χ1v) is 9.74. The van der Waals surface area contributed by atoms with Gasteiger partial charge < -0.3 is 5.32 Å². The Labute approximate surface area is 132 Å². The van der Waals surface area contributed by atoms with Gasteiger partial charge in [-0.2, -0.15) is 11.8 Å². The van der Waals surface area contributed by atoms with E-state index in [0.717, 1.165) is 12.1 Å². The van der Waals surface area contributed by atoms with Gasteiger partial charge in [0.05, 0.1) is 4.90 Å². The van der Waals surface area contributed by atoms with Crippen molar-refractivity contribution in [1.29, 1.82) is 0 Å². The van der Waals surface area contributed by atoms with Crippen LogP contribution in [0.2, 0.25) is 0 Å². The van der Waals surface area contributed by atoms with Crippen molar-refractivity contribution in [3.63, 3.8) is 0 Å². The van der Waals surface area contributed by atoms with Gasteiger partial charge in [0.1, 0.15) is 0 Å². The van der Waals surface area contributed by atoms with Gasteiger partial charge in [0.25, 0.3) is 0 Å². The fourth-order valence-electron chi connectivity index (χ4n) is 2.52. The highest BCUT2D eigenvalue weighted by Gasteiger charge is 2.29. The molecule has 1 fully saturated rings. The Hall–Kier alpha value is -0.560. The molecule has 0 amide bonds. The van der Waals surface area contributed by atoms with Crippen LogP contribution in [0, 0.1) is 0 Å². The summed E-state index contributed by atoms with van der Waals surface area (Å²) >= 11 is 2.04. The van der Waals surface area contributed by atoms with Gasteiger partial charge >= 0.3 is 0 Å². The molecule has 1 heterocycles. The van der Waals surface area contributed by atoms with Gasteiger partial charge in [-0.15, -0.1) is 0 Å². The van der Waals surface area contributed by atoms with Crippen molar-refractivity contribution in [3.05, 3.63) is 29.8 Å². The summed E-state index contributed by atoms with van der Waals surface area (Å²) in [6.07, 6.45) is 2.56. The smallest absolute Gasteiger partial charge is 0.240 e. The quantitative estimate of drug-likeness (QED) is 0.842. The van der Waals surface area contributed by atoms with Gasteiger partial charge in [0.2, 0.25) is 10.0 Å². The number of hydrogen-bond acceptors (Lipinski definition) is 4. The van der Waals surface area contributed by atoms with E-state index in [-0.39, 0.29) is 6.04 Å². The molecule has 6 heteroatoms. The van der Waals surface area contributed by atoms with E-state index < -0.39 is 10.0 Å². The summed E-state index contributed by atoms with van der Waals surface area (Å²) in [5.41, 5.74) is 1.11. The van der Waals surface area contributed by atoms with Crippen LogP contribution in [0.1, 0.15) is 38.3 Å². The predicted octanol–water partition coefficient (Wildman–Crippen LogP) is 2.53. The second kappa shape index (κ2) is 6.69. The Balaban J connectivity index is 1.98. The van der Waals surface area contributed by atoms with Crippen LogP contribution in [0.15, 0.2) is 29.2 Å². The Kier molecular flexibility index (Phi) is 5.35. The van der Waals surface area contributed by atoms with E-state index in [1.165, 1.54) is 25.6 Å². The molecule has 0 spiro atoms. The molecule has 1 aromatic carbocycles. The second-order valence-corrected chi connectivity index (χ2v) is 9.35. The molecule has 1 aromatic rings. The van der Waals surface area contributed by atoms with Crippen molar-refractivity contribution in [1.82, 2.24) is 10.0 Å². The number of sulfonamides is 1. The minimum absolute atomic E-state index is 0.217. The zero-order valence-corrected chi connectivity index (χ0v) is 14.5. The SMILES string of the molecule is CNS(=O)(=O)c1ccc([C@@H](C)NC[C@@]2(C)CCCS2)cc1. The summed E-state index contributed by atoms with van der Waals surface area (Å²) in [5, 5.41) is 3.57. The first-order chi connectivity index (χ1) is 9.86. The lowest BCUT2D eigenvalue weighted by atomic mass is 10.0. The maximum absolute atomic E-state index is 11.7. The highest BCUT2D eigenvalue weighted by atomic mass is 32.2. The van der Waals surface area contributed by atoms with Gasteiger partial charge in [-0.1, -0.05) is 12.1 Å². The van der Waals surface area contributed by atoms with Crippen LogP contribution in [0.5, 0.6) is 0 Å². The Morgan fingerprint density at radius 2 is 2.00 bits per heavy atom. The molecule has 118 valence electrons. The van der Waals surface area contributed by atoms with Crippen molar-refractivity contribution in [3.8, 4) is 0 Å². The van der Waals surface area contributed by atoms with E-state index in [9.17, 15) is 8.42 Å². The highest BCUT2D eigenvalue weighted by molar-refractivity contribution is 8.00. The van der Waals surface area contributed by atoms with E-state index in [4.69, 9.17) is 0 Å². The van der Waals surface area contributed by atoms with Crippen LogP contribution in [0.4, 0.5) is 0 Å². The molecule has 1 aliphatic rings. The summed E-state index contributed by atoms with van der Waals surface area (Å²) in [4.78, 5) is 0.305. The predicted molar refractivity (Wildman–Crippen MR) is 89.2 cm³/mol. The number of hydrogen-bond donors (Lipinski definition) is 2. The summed E-state index contributed by atoms with van der Waals surface area (Å²) in [5.74, 6) is 1.25. The molecule has 0 aliphatic carbocycles. The Morgan fingerprint density at radius 1 is 1.33 bits per heavy atom. The third-order valence-corrected chi connectivity index (χ3v) is 7.01. The molecule has 0 bridgehead atoms. The van der Waals surface area contributed by atoms with Gasteiger partial charge in [-0.3, -0.25) is 0 Å². The maximum Gasteiger partial charge on any atom is 0.240 e. The van der Waals surface area contributed by atoms with Crippen molar-refractivity contribution in [2.45, 2.75) is 42.4 Å². The molecule has 1 aliphatic heterocycles. The largest absolute Gasteiger partial charge is 0.309 e. The molecule has 1 saturated heterocycles. The average molecular weight is 329 g/mol. The molecule has 0 radical (unpaired) electrons. The second-order valence-electron chi connectivity index (χ2n) is 5.78.